The van der Waals surface area contributed by atoms with Crippen molar-refractivity contribution in [3.63, 3.8) is 0 Å². The minimum atomic E-state index is -1.49. The number of hydrogen-bond donors (Lipinski definition) is 0. The third-order valence-corrected chi connectivity index (χ3v) is 7.54. The molecule has 0 aliphatic heterocycles. The summed E-state index contributed by atoms with van der Waals surface area (Å²) >= 11 is 0. The van der Waals surface area contributed by atoms with Gasteiger partial charge in [0.25, 0.3) is 0 Å². The lowest BCUT2D eigenvalue weighted by molar-refractivity contribution is -0.158. The predicted molar refractivity (Wildman–Crippen MR) is 116 cm³/mol. The average molecular weight is 423 g/mol. The first-order valence-electron chi connectivity index (χ1n) is 12.5. The van der Waals surface area contributed by atoms with Gasteiger partial charge in [-0.05, 0) is 70.1 Å². The minimum absolute atomic E-state index is 0.00851. The van der Waals surface area contributed by atoms with Gasteiger partial charge in [0.15, 0.2) is 0 Å². The van der Waals surface area contributed by atoms with Gasteiger partial charge in [0.05, 0.1) is 5.92 Å². The van der Waals surface area contributed by atoms with Gasteiger partial charge in [0, 0.05) is 18.3 Å². The Morgan fingerprint density at radius 3 is 2.07 bits per heavy atom. The lowest BCUT2D eigenvalue weighted by Crippen LogP contribution is -2.35. The van der Waals surface area contributed by atoms with Crippen molar-refractivity contribution in [2.24, 2.45) is 23.7 Å². The second kappa shape index (κ2) is 12.1. The third-order valence-electron chi connectivity index (χ3n) is 7.54. The highest BCUT2D eigenvalue weighted by Crippen LogP contribution is 2.34. The number of esters is 1. The van der Waals surface area contributed by atoms with Crippen molar-refractivity contribution in [2.75, 3.05) is 0 Å². The zero-order valence-electron chi connectivity index (χ0n) is 18.7. The lowest BCUT2D eigenvalue weighted by Gasteiger charge is -2.30. The number of hydrogen-bond acceptors (Lipinski definition) is 2. The number of carbonyl (C=O) groups is 1. The maximum Gasteiger partial charge on any atom is 0.309 e. The topological polar surface area (TPSA) is 26.3 Å². The van der Waals surface area contributed by atoms with Gasteiger partial charge in [-0.15, -0.1) is 0 Å². The molecule has 3 saturated carbocycles. The first-order valence-corrected chi connectivity index (χ1v) is 12.5. The molecule has 0 aromatic carbocycles. The number of halogens is 2. The summed E-state index contributed by atoms with van der Waals surface area (Å²) in [6, 6.07) is 0. The van der Waals surface area contributed by atoms with Crippen LogP contribution in [0.4, 0.5) is 8.78 Å². The molecule has 30 heavy (non-hydrogen) atoms. The molecule has 3 atom stereocenters. The van der Waals surface area contributed by atoms with Crippen LogP contribution in [0, 0.1) is 35.5 Å². The van der Waals surface area contributed by atoms with Crippen molar-refractivity contribution in [1.82, 2.24) is 0 Å². The molecular weight excluding hydrogens is 382 g/mol. The molecule has 3 aliphatic rings. The molecule has 0 heterocycles. The van der Waals surface area contributed by atoms with Crippen molar-refractivity contribution in [2.45, 2.75) is 122 Å². The maximum atomic E-state index is 13.5. The van der Waals surface area contributed by atoms with E-state index in [1.807, 2.05) is 0 Å². The Kier molecular flexibility index (Phi) is 9.47. The molecule has 2 nitrogen and oxygen atoms in total. The highest BCUT2D eigenvalue weighted by Gasteiger charge is 2.34. The Morgan fingerprint density at radius 2 is 1.47 bits per heavy atom. The molecular formula is C26H40F2O2. The van der Waals surface area contributed by atoms with Crippen LogP contribution >= 0.6 is 0 Å². The highest BCUT2D eigenvalue weighted by molar-refractivity contribution is 5.72. The van der Waals surface area contributed by atoms with E-state index in [9.17, 15) is 13.6 Å². The summed E-state index contributed by atoms with van der Waals surface area (Å²) in [4.78, 5) is 12.4. The number of ether oxygens (including phenoxy) is 1. The van der Waals surface area contributed by atoms with Crippen LogP contribution in [0.25, 0.3) is 0 Å². The molecule has 0 N–H and O–H groups in total. The summed E-state index contributed by atoms with van der Waals surface area (Å²) in [5.41, 5.74) is 0. The quantitative estimate of drug-likeness (QED) is 0.263. The summed E-state index contributed by atoms with van der Waals surface area (Å²) < 4.78 is 32.3. The van der Waals surface area contributed by atoms with E-state index in [2.05, 4.69) is 18.8 Å². The van der Waals surface area contributed by atoms with E-state index in [-0.39, 0.29) is 24.7 Å². The molecule has 0 saturated heterocycles. The van der Waals surface area contributed by atoms with Crippen molar-refractivity contribution in [3.8, 4) is 11.8 Å². The summed E-state index contributed by atoms with van der Waals surface area (Å²) in [5.74, 6) is 8.65. The summed E-state index contributed by atoms with van der Waals surface area (Å²) in [6.07, 6.45) is 11.4. The second-order valence-corrected chi connectivity index (χ2v) is 9.95. The smallest absolute Gasteiger partial charge is 0.309 e. The normalized spacial score (nSPS) is 37.1. The monoisotopic (exact) mass is 422 g/mol. The largest absolute Gasteiger partial charge is 0.462 e. The number of carbonyl (C=O) groups excluding carboxylic acids is 1. The fourth-order valence-corrected chi connectivity index (χ4v) is 5.40. The Hall–Kier alpha value is -1.11. The van der Waals surface area contributed by atoms with Crippen LogP contribution in [0.5, 0.6) is 0 Å². The number of alkyl halides is 2. The van der Waals surface area contributed by atoms with Crippen LogP contribution in [0.3, 0.4) is 0 Å². The molecule has 0 amide bonds. The molecule has 0 aromatic heterocycles. The van der Waals surface area contributed by atoms with Gasteiger partial charge in [-0.25, -0.2) is 8.78 Å². The SMILES string of the molecule is CCCCCC1CCC(C#CC2CCC(C(=O)OC3CCC(F)C(F)C3)CC2)CC1. The zero-order valence-corrected chi connectivity index (χ0v) is 18.7. The maximum absolute atomic E-state index is 13.5. The van der Waals surface area contributed by atoms with E-state index in [0.717, 1.165) is 31.6 Å². The fraction of sp³-hybridized carbons (Fsp3) is 0.885. The first kappa shape index (κ1) is 23.6. The van der Waals surface area contributed by atoms with Crippen molar-refractivity contribution >= 4 is 5.97 Å². The van der Waals surface area contributed by atoms with Crippen LogP contribution in [0.2, 0.25) is 0 Å². The van der Waals surface area contributed by atoms with Crippen LogP contribution in [-0.2, 0) is 9.53 Å². The summed E-state index contributed by atoms with van der Waals surface area (Å²) in [6.45, 7) is 2.27. The average Bonchev–Trinajstić information content (AvgIpc) is 2.76. The second-order valence-electron chi connectivity index (χ2n) is 9.95. The number of unbranched alkanes of at least 4 members (excludes halogenated alkanes) is 2. The fourth-order valence-electron chi connectivity index (χ4n) is 5.40. The Bertz CT molecular complexity index is 580. The lowest BCUT2D eigenvalue weighted by atomic mass is 9.79. The van der Waals surface area contributed by atoms with Gasteiger partial charge in [-0.2, -0.15) is 0 Å². The molecule has 170 valence electrons. The van der Waals surface area contributed by atoms with Gasteiger partial charge in [-0.1, -0.05) is 44.4 Å². The minimum Gasteiger partial charge on any atom is -0.462 e. The summed E-state index contributed by atoms with van der Waals surface area (Å²) in [7, 11) is 0. The third kappa shape index (κ3) is 7.24. The predicted octanol–water partition coefficient (Wildman–Crippen LogP) is 6.95. The molecule has 0 radical (unpaired) electrons. The molecule has 3 fully saturated rings. The Balaban J connectivity index is 1.33. The van der Waals surface area contributed by atoms with Gasteiger partial charge >= 0.3 is 5.97 Å². The van der Waals surface area contributed by atoms with Gasteiger partial charge in [0.1, 0.15) is 18.4 Å². The van der Waals surface area contributed by atoms with Gasteiger partial charge in [-0.3, -0.25) is 4.79 Å². The van der Waals surface area contributed by atoms with Crippen molar-refractivity contribution in [1.29, 1.82) is 0 Å². The standard InChI is InChI=1S/C26H40F2O2/c1-2-3-4-5-19-6-8-20(9-7-19)10-11-21-12-14-22(15-13-21)26(29)30-23-16-17-24(27)25(28)18-23/h19-25H,2-9,12-18H2,1H3. The van der Waals surface area contributed by atoms with Crippen LogP contribution in [0.15, 0.2) is 0 Å². The van der Waals surface area contributed by atoms with Gasteiger partial charge in [0.2, 0.25) is 0 Å². The molecule has 0 bridgehead atoms. The van der Waals surface area contributed by atoms with E-state index in [1.54, 1.807) is 0 Å². The Labute approximate surface area is 181 Å². The van der Waals surface area contributed by atoms with Crippen LogP contribution < -0.4 is 0 Å². The molecule has 3 rings (SSSR count). The van der Waals surface area contributed by atoms with Crippen molar-refractivity contribution < 1.29 is 18.3 Å². The van der Waals surface area contributed by atoms with Crippen LogP contribution in [-0.4, -0.2) is 24.4 Å². The van der Waals surface area contributed by atoms with Gasteiger partial charge < -0.3 is 4.74 Å². The van der Waals surface area contributed by atoms with E-state index in [0.29, 0.717) is 18.3 Å². The van der Waals surface area contributed by atoms with Crippen LogP contribution in [0.1, 0.15) is 103 Å². The number of rotatable bonds is 6. The molecule has 4 heteroatoms. The Morgan fingerprint density at radius 1 is 0.833 bits per heavy atom. The van der Waals surface area contributed by atoms with E-state index in [1.165, 1.54) is 51.4 Å². The first-order chi connectivity index (χ1) is 14.5. The summed E-state index contributed by atoms with van der Waals surface area (Å²) in [5, 5.41) is 0. The van der Waals surface area contributed by atoms with E-state index < -0.39 is 18.4 Å². The van der Waals surface area contributed by atoms with E-state index in [4.69, 9.17) is 4.74 Å². The van der Waals surface area contributed by atoms with Crippen molar-refractivity contribution in [3.05, 3.63) is 0 Å². The molecule has 0 aromatic rings. The molecule has 0 spiro atoms. The highest BCUT2D eigenvalue weighted by atomic mass is 19.2. The zero-order chi connectivity index (χ0) is 21.3. The molecule has 3 unspecified atom stereocenters. The van der Waals surface area contributed by atoms with E-state index >= 15 is 0 Å². The molecule has 3 aliphatic carbocycles.